The van der Waals surface area contributed by atoms with Crippen LogP contribution in [0.1, 0.15) is 21.6 Å². The lowest BCUT2D eigenvalue weighted by molar-refractivity contribution is 0.0684. The van der Waals surface area contributed by atoms with E-state index in [9.17, 15) is 4.79 Å². The second-order valence-electron chi connectivity index (χ2n) is 3.81. The van der Waals surface area contributed by atoms with Crippen molar-refractivity contribution in [3.05, 3.63) is 47.3 Å². The molecule has 0 bridgehead atoms. The van der Waals surface area contributed by atoms with Gasteiger partial charge in [0.2, 0.25) is 0 Å². The van der Waals surface area contributed by atoms with Crippen molar-refractivity contribution in [1.29, 1.82) is 0 Å². The topological polar surface area (TPSA) is 75.3 Å². The van der Waals surface area contributed by atoms with Gasteiger partial charge in [-0.05, 0) is 11.1 Å². The van der Waals surface area contributed by atoms with Gasteiger partial charge in [-0.3, -0.25) is 0 Å². The van der Waals surface area contributed by atoms with E-state index in [1.54, 1.807) is 6.07 Å². The summed E-state index contributed by atoms with van der Waals surface area (Å²) in [6, 6.07) is 7.30. The molecule has 5 nitrogen and oxygen atoms in total. The Labute approximate surface area is 109 Å². The van der Waals surface area contributed by atoms with Crippen molar-refractivity contribution >= 4 is 18.6 Å². The third-order valence-corrected chi connectivity index (χ3v) is 2.93. The quantitative estimate of drug-likeness (QED) is 0.730. The first-order valence-corrected chi connectivity index (χ1v) is 5.73. The molecule has 0 aliphatic carbocycles. The fraction of sp³-hybridized carbons (Fsp3) is 0.167. The number of hydrogen-bond donors (Lipinski definition) is 3. The minimum atomic E-state index is -1.04. The maximum Gasteiger partial charge on any atom is 0.354 e. The molecule has 0 atom stereocenters. The number of aromatic carboxylic acids is 1. The first kappa shape index (κ1) is 12.7. The third-order valence-electron chi connectivity index (χ3n) is 2.57. The number of aromatic nitrogens is 2. The van der Waals surface area contributed by atoms with Crippen molar-refractivity contribution in [2.24, 2.45) is 0 Å². The van der Waals surface area contributed by atoms with Crippen molar-refractivity contribution in [2.75, 3.05) is 0 Å². The van der Waals surface area contributed by atoms with Gasteiger partial charge in [0.25, 0.3) is 0 Å². The molecule has 0 aliphatic rings. The van der Waals surface area contributed by atoms with Crippen LogP contribution in [0.25, 0.3) is 0 Å². The van der Waals surface area contributed by atoms with Gasteiger partial charge in [0.1, 0.15) is 5.69 Å². The molecule has 0 spiro atoms. The molecule has 1 aromatic carbocycles. The van der Waals surface area contributed by atoms with Gasteiger partial charge in [-0.2, -0.15) is 0 Å². The number of carboxylic acids is 1. The molecule has 0 saturated heterocycles. The molecule has 94 valence electrons. The van der Waals surface area contributed by atoms with Crippen molar-refractivity contribution in [3.63, 3.8) is 0 Å². The first-order valence-electron chi connectivity index (χ1n) is 5.28. The maximum atomic E-state index is 11.0. The van der Waals surface area contributed by atoms with Gasteiger partial charge < -0.3 is 14.8 Å². The average molecular weight is 264 g/mol. The highest BCUT2D eigenvalue weighted by Gasteiger charge is 2.13. The molecule has 1 aromatic heterocycles. The van der Waals surface area contributed by atoms with E-state index in [1.807, 2.05) is 18.2 Å². The van der Waals surface area contributed by atoms with E-state index >= 15 is 0 Å². The highest BCUT2D eigenvalue weighted by molar-refractivity contribution is 7.80. The summed E-state index contributed by atoms with van der Waals surface area (Å²) in [5.41, 5.74) is 1.76. The number of carbonyl (C=O) groups is 1. The number of imidazole rings is 1. The second kappa shape index (κ2) is 5.24. The highest BCUT2D eigenvalue weighted by atomic mass is 32.1. The summed E-state index contributed by atoms with van der Waals surface area (Å²) in [6.07, 6.45) is 1.28. The van der Waals surface area contributed by atoms with E-state index in [-0.39, 0.29) is 12.3 Å². The van der Waals surface area contributed by atoms with E-state index < -0.39 is 5.97 Å². The number of hydrogen-bond acceptors (Lipinski definition) is 4. The second-order valence-corrected chi connectivity index (χ2v) is 4.21. The molecule has 6 heteroatoms. The number of aliphatic hydroxyl groups is 1. The predicted molar refractivity (Wildman–Crippen MR) is 67.9 cm³/mol. The average Bonchev–Trinajstić information content (AvgIpc) is 2.71. The Morgan fingerprint density at radius 3 is 2.78 bits per heavy atom. The Kier molecular flexibility index (Phi) is 3.69. The molecule has 0 amide bonds. The van der Waals surface area contributed by atoms with E-state index in [1.165, 1.54) is 10.8 Å². The summed E-state index contributed by atoms with van der Waals surface area (Å²) in [5.74, 6) is -1.04. The van der Waals surface area contributed by atoms with Crippen LogP contribution in [0.15, 0.2) is 35.6 Å². The van der Waals surface area contributed by atoms with Crippen LogP contribution in [0.4, 0.5) is 0 Å². The summed E-state index contributed by atoms with van der Waals surface area (Å²) in [6.45, 7) is 0.311. The molecular weight excluding hydrogens is 252 g/mol. The number of carboxylic acid groups (broad SMARTS) is 1. The van der Waals surface area contributed by atoms with Crippen LogP contribution in [0.2, 0.25) is 0 Å². The monoisotopic (exact) mass is 264 g/mol. The largest absolute Gasteiger partial charge is 0.477 e. The van der Waals surface area contributed by atoms with Gasteiger partial charge in [-0.25, -0.2) is 9.78 Å². The summed E-state index contributed by atoms with van der Waals surface area (Å²) in [5, 5.41) is 18.4. The standard InChI is InChI=1S/C12H12N2O3S/c15-7-9-3-1-2-8(4-9)6-14-10(11(16)17)5-13-12(14)18/h1-5,15H,6-7H2,(H,13,18)(H,16,17). The van der Waals surface area contributed by atoms with Gasteiger partial charge >= 0.3 is 5.97 Å². The molecule has 18 heavy (non-hydrogen) atoms. The Hall–Kier alpha value is -1.79. The summed E-state index contributed by atoms with van der Waals surface area (Å²) >= 11 is 4.13. The zero-order valence-electron chi connectivity index (χ0n) is 9.45. The van der Waals surface area contributed by atoms with Gasteiger partial charge in [0, 0.05) is 0 Å². The van der Waals surface area contributed by atoms with Crippen LogP contribution < -0.4 is 0 Å². The fourth-order valence-corrected chi connectivity index (χ4v) is 1.94. The lowest BCUT2D eigenvalue weighted by atomic mass is 10.1. The van der Waals surface area contributed by atoms with Gasteiger partial charge in [-0.1, -0.05) is 24.3 Å². The van der Waals surface area contributed by atoms with E-state index in [2.05, 4.69) is 17.6 Å². The van der Waals surface area contributed by atoms with Crippen LogP contribution in [0, 0.1) is 0 Å². The predicted octanol–water partition coefficient (Wildman–Crippen LogP) is 1.41. The Balaban J connectivity index is 2.33. The summed E-state index contributed by atoms with van der Waals surface area (Å²) < 4.78 is 1.50. The van der Waals surface area contributed by atoms with Crippen LogP contribution >= 0.6 is 12.6 Å². The smallest absolute Gasteiger partial charge is 0.354 e. The molecule has 0 saturated carbocycles. The Morgan fingerprint density at radius 2 is 2.11 bits per heavy atom. The molecular formula is C12H12N2O3S. The fourth-order valence-electron chi connectivity index (χ4n) is 1.70. The number of benzene rings is 1. The Morgan fingerprint density at radius 1 is 1.39 bits per heavy atom. The van der Waals surface area contributed by atoms with Crippen LogP contribution in [-0.4, -0.2) is 25.7 Å². The Bertz CT molecular complexity index is 580. The van der Waals surface area contributed by atoms with Crippen molar-refractivity contribution in [3.8, 4) is 0 Å². The highest BCUT2D eigenvalue weighted by Crippen LogP contribution is 2.14. The van der Waals surface area contributed by atoms with Crippen LogP contribution in [0.3, 0.4) is 0 Å². The maximum absolute atomic E-state index is 11.0. The molecule has 0 aliphatic heterocycles. The molecule has 2 aromatic rings. The molecule has 0 radical (unpaired) electrons. The van der Waals surface area contributed by atoms with Crippen molar-refractivity contribution in [2.45, 2.75) is 18.3 Å². The van der Waals surface area contributed by atoms with Gasteiger partial charge in [0.15, 0.2) is 5.16 Å². The zero-order chi connectivity index (χ0) is 13.1. The number of nitrogens with zero attached hydrogens (tertiary/aromatic N) is 2. The number of rotatable bonds is 4. The molecule has 0 unspecified atom stereocenters. The lowest BCUT2D eigenvalue weighted by Crippen LogP contribution is -2.10. The third kappa shape index (κ3) is 2.55. The van der Waals surface area contributed by atoms with E-state index in [4.69, 9.17) is 10.2 Å². The summed E-state index contributed by atoms with van der Waals surface area (Å²) in [4.78, 5) is 14.9. The van der Waals surface area contributed by atoms with E-state index in [0.29, 0.717) is 11.7 Å². The molecule has 0 fully saturated rings. The number of aliphatic hydroxyl groups excluding tert-OH is 1. The van der Waals surface area contributed by atoms with Gasteiger partial charge in [-0.15, -0.1) is 12.6 Å². The molecule has 2 rings (SSSR count). The van der Waals surface area contributed by atoms with Crippen molar-refractivity contribution in [1.82, 2.24) is 9.55 Å². The first-order chi connectivity index (χ1) is 8.61. The summed E-state index contributed by atoms with van der Waals surface area (Å²) in [7, 11) is 0. The minimum absolute atomic E-state index is 0.0444. The normalized spacial score (nSPS) is 10.6. The van der Waals surface area contributed by atoms with Crippen LogP contribution in [-0.2, 0) is 13.2 Å². The van der Waals surface area contributed by atoms with Crippen LogP contribution in [0.5, 0.6) is 0 Å². The molecule has 2 N–H and O–H groups in total. The van der Waals surface area contributed by atoms with Gasteiger partial charge in [0.05, 0.1) is 19.3 Å². The van der Waals surface area contributed by atoms with Crippen molar-refractivity contribution < 1.29 is 15.0 Å². The minimum Gasteiger partial charge on any atom is -0.477 e. The zero-order valence-corrected chi connectivity index (χ0v) is 10.3. The molecule has 1 heterocycles. The van der Waals surface area contributed by atoms with E-state index in [0.717, 1.165) is 11.1 Å². The lowest BCUT2D eigenvalue weighted by Gasteiger charge is -2.08. The number of thiol groups is 1. The SMILES string of the molecule is O=C(O)c1cnc(S)n1Cc1cccc(CO)c1.